The lowest BCUT2D eigenvalue weighted by molar-refractivity contribution is -0.138. The highest BCUT2D eigenvalue weighted by atomic mass is 16.4. The number of nitrogens with one attached hydrogen (secondary N) is 1. The molecule has 0 aromatic heterocycles. The molecule has 1 rings (SSSR count). The van der Waals surface area contributed by atoms with Crippen LogP contribution in [0.3, 0.4) is 0 Å². The van der Waals surface area contributed by atoms with Crippen LogP contribution in [0.4, 0.5) is 4.79 Å². The van der Waals surface area contributed by atoms with E-state index in [4.69, 9.17) is 5.11 Å². The fourth-order valence-corrected chi connectivity index (χ4v) is 1.92. The number of carbonyl (C=O) groups is 2. The van der Waals surface area contributed by atoms with E-state index in [0.717, 1.165) is 13.1 Å². The zero-order valence-electron chi connectivity index (χ0n) is 11.6. The van der Waals surface area contributed by atoms with Crippen molar-refractivity contribution in [1.82, 2.24) is 15.1 Å². The number of rotatable bonds is 2. The Morgan fingerprint density at radius 2 is 1.67 bits per heavy atom. The second-order valence-corrected chi connectivity index (χ2v) is 5.65. The quantitative estimate of drug-likeness (QED) is 0.759. The Kier molecular flexibility index (Phi) is 4.56. The van der Waals surface area contributed by atoms with E-state index in [9.17, 15) is 9.59 Å². The summed E-state index contributed by atoms with van der Waals surface area (Å²) in [5, 5.41) is 11.2. The number of hydrogen-bond acceptors (Lipinski definition) is 3. The minimum Gasteiger partial charge on any atom is -0.480 e. The molecule has 0 aliphatic carbocycles. The largest absolute Gasteiger partial charge is 0.480 e. The number of nitrogens with zero attached hydrogens (tertiary/aromatic N) is 2. The Morgan fingerprint density at radius 1 is 1.17 bits per heavy atom. The fourth-order valence-electron chi connectivity index (χ4n) is 1.92. The highest BCUT2D eigenvalue weighted by molar-refractivity contribution is 5.82. The maximum absolute atomic E-state index is 11.8. The maximum atomic E-state index is 11.8. The van der Waals surface area contributed by atoms with Gasteiger partial charge in [-0.2, -0.15) is 0 Å². The molecule has 0 aromatic rings. The van der Waals surface area contributed by atoms with Crippen LogP contribution in [0.25, 0.3) is 0 Å². The van der Waals surface area contributed by atoms with Crippen molar-refractivity contribution in [3.8, 4) is 0 Å². The summed E-state index contributed by atoms with van der Waals surface area (Å²) in [5.74, 6) is -1.02. The summed E-state index contributed by atoms with van der Waals surface area (Å²) in [7, 11) is 0. The lowest BCUT2D eigenvalue weighted by atomic mass is 10.1. The zero-order chi connectivity index (χ0) is 13.9. The van der Waals surface area contributed by atoms with E-state index in [1.54, 1.807) is 4.90 Å². The predicted octanol–water partition coefficient (Wildman–Crippen LogP) is 0.585. The monoisotopic (exact) mass is 257 g/mol. The van der Waals surface area contributed by atoms with E-state index >= 15 is 0 Å². The second kappa shape index (κ2) is 5.56. The first kappa shape index (κ1) is 14.8. The van der Waals surface area contributed by atoms with Crippen LogP contribution >= 0.6 is 0 Å². The summed E-state index contributed by atoms with van der Waals surface area (Å²) in [6.07, 6.45) is 0. The van der Waals surface area contributed by atoms with Gasteiger partial charge in [0.1, 0.15) is 6.04 Å². The molecule has 1 heterocycles. The summed E-state index contributed by atoms with van der Waals surface area (Å²) in [6, 6.07) is -1.14. The van der Waals surface area contributed by atoms with Gasteiger partial charge in [-0.1, -0.05) is 0 Å². The summed E-state index contributed by atoms with van der Waals surface area (Å²) < 4.78 is 0. The Bertz CT molecular complexity index is 317. The van der Waals surface area contributed by atoms with Gasteiger partial charge in [0.2, 0.25) is 0 Å². The molecule has 18 heavy (non-hydrogen) atoms. The third-order valence-electron chi connectivity index (χ3n) is 3.23. The molecular formula is C12H23N3O3. The molecule has 0 spiro atoms. The molecule has 1 aliphatic rings. The third-order valence-corrected chi connectivity index (χ3v) is 3.23. The molecule has 1 fully saturated rings. The van der Waals surface area contributed by atoms with Crippen molar-refractivity contribution in [3.05, 3.63) is 0 Å². The molecule has 1 atom stereocenters. The minimum absolute atomic E-state index is 0.108. The Balaban J connectivity index is 2.43. The van der Waals surface area contributed by atoms with E-state index in [-0.39, 0.29) is 11.6 Å². The van der Waals surface area contributed by atoms with Gasteiger partial charge in [0.15, 0.2) is 0 Å². The van der Waals surface area contributed by atoms with Crippen molar-refractivity contribution in [3.63, 3.8) is 0 Å². The summed E-state index contributed by atoms with van der Waals surface area (Å²) in [4.78, 5) is 26.4. The number of piperazine rings is 1. The first-order chi connectivity index (χ1) is 8.21. The van der Waals surface area contributed by atoms with Crippen molar-refractivity contribution in [2.45, 2.75) is 39.3 Å². The van der Waals surface area contributed by atoms with Crippen LogP contribution in [0, 0.1) is 0 Å². The van der Waals surface area contributed by atoms with E-state index in [1.165, 1.54) is 6.92 Å². The lowest BCUT2D eigenvalue weighted by Gasteiger charge is -2.42. The van der Waals surface area contributed by atoms with Gasteiger partial charge in [-0.05, 0) is 27.7 Å². The van der Waals surface area contributed by atoms with Gasteiger partial charge < -0.3 is 15.3 Å². The fraction of sp³-hybridized carbons (Fsp3) is 0.833. The first-order valence-electron chi connectivity index (χ1n) is 6.25. The van der Waals surface area contributed by atoms with E-state index in [1.807, 2.05) is 0 Å². The molecular weight excluding hydrogens is 234 g/mol. The number of urea groups is 1. The second-order valence-electron chi connectivity index (χ2n) is 5.65. The van der Waals surface area contributed by atoms with Crippen molar-refractivity contribution < 1.29 is 14.7 Å². The van der Waals surface area contributed by atoms with Crippen LogP contribution in [-0.2, 0) is 4.79 Å². The van der Waals surface area contributed by atoms with Gasteiger partial charge in [0, 0.05) is 31.7 Å². The van der Waals surface area contributed by atoms with Gasteiger partial charge in [0.05, 0.1) is 0 Å². The molecule has 0 saturated carbocycles. The third kappa shape index (κ3) is 3.87. The van der Waals surface area contributed by atoms with Crippen LogP contribution in [-0.4, -0.2) is 64.7 Å². The molecule has 6 nitrogen and oxygen atoms in total. The minimum atomic E-state index is -1.02. The lowest BCUT2D eigenvalue weighted by Crippen LogP contribution is -2.57. The highest BCUT2D eigenvalue weighted by Crippen LogP contribution is 2.15. The van der Waals surface area contributed by atoms with Gasteiger partial charge >= 0.3 is 12.0 Å². The molecule has 0 radical (unpaired) electrons. The highest BCUT2D eigenvalue weighted by Gasteiger charge is 2.28. The van der Waals surface area contributed by atoms with Crippen LogP contribution in [0.15, 0.2) is 0 Å². The van der Waals surface area contributed by atoms with E-state index in [2.05, 4.69) is 31.0 Å². The standard InChI is InChI=1S/C12H23N3O3/c1-9(10(16)17)13-11(18)14-5-7-15(8-6-14)12(2,3)4/h9H,5-8H2,1-4H3,(H,13,18)(H,16,17)/t9-/m0/s1. The average Bonchev–Trinajstić information content (AvgIpc) is 2.27. The van der Waals surface area contributed by atoms with E-state index in [0.29, 0.717) is 13.1 Å². The molecule has 6 heteroatoms. The Labute approximate surface area is 108 Å². The van der Waals surface area contributed by atoms with Gasteiger partial charge in [-0.3, -0.25) is 9.69 Å². The Hall–Kier alpha value is -1.30. The molecule has 2 amide bonds. The van der Waals surface area contributed by atoms with Crippen molar-refractivity contribution in [2.75, 3.05) is 26.2 Å². The molecule has 0 unspecified atom stereocenters. The molecule has 0 bridgehead atoms. The first-order valence-corrected chi connectivity index (χ1v) is 6.25. The topological polar surface area (TPSA) is 72.9 Å². The molecule has 104 valence electrons. The Morgan fingerprint density at radius 3 is 2.06 bits per heavy atom. The smallest absolute Gasteiger partial charge is 0.325 e. The van der Waals surface area contributed by atoms with Crippen LogP contribution in [0.1, 0.15) is 27.7 Å². The molecule has 0 aromatic carbocycles. The van der Waals surface area contributed by atoms with Crippen LogP contribution < -0.4 is 5.32 Å². The number of hydrogen-bond donors (Lipinski definition) is 2. The summed E-state index contributed by atoms with van der Waals surface area (Å²) in [6.45, 7) is 10.8. The van der Waals surface area contributed by atoms with Gasteiger partial charge in [-0.15, -0.1) is 0 Å². The predicted molar refractivity (Wildman–Crippen MR) is 68.5 cm³/mol. The average molecular weight is 257 g/mol. The molecule has 1 aliphatic heterocycles. The maximum Gasteiger partial charge on any atom is 0.325 e. The summed E-state index contributed by atoms with van der Waals surface area (Å²) >= 11 is 0. The van der Waals surface area contributed by atoms with Crippen molar-refractivity contribution in [1.29, 1.82) is 0 Å². The number of amides is 2. The van der Waals surface area contributed by atoms with Crippen molar-refractivity contribution >= 4 is 12.0 Å². The van der Waals surface area contributed by atoms with Gasteiger partial charge in [-0.25, -0.2) is 4.79 Å². The number of carbonyl (C=O) groups excluding carboxylic acids is 1. The zero-order valence-corrected chi connectivity index (χ0v) is 11.6. The van der Waals surface area contributed by atoms with E-state index < -0.39 is 12.0 Å². The molecule has 2 N–H and O–H groups in total. The summed E-state index contributed by atoms with van der Waals surface area (Å²) in [5.41, 5.74) is 0.108. The van der Waals surface area contributed by atoms with Crippen LogP contribution in [0.5, 0.6) is 0 Å². The van der Waals surface area contributed by atoms with Gasteiger partial charge in [0.25, 0.3) is 0 Å². The normalized spacial score (nSPS) is 19.4. The van der Waals surface area contributed by atoms with Crippen LogP contribution in [0.2, 0.25) is 0 Å². The molecule has 1 saturated heterocycles. The van der Waals surface area contributed by atoms with Crippen molar-refractivity contribution in [2.24, 2.45) is 0 Å². The number of aliphatic carboxylic acids is 1. The number of carboxylic acids is 1. The SMILES string of the molecule is C[C@H](NC(=O)N1CCN(C(C)(C)C)CC1)C(=O)O. The number of carboxylic acid groups (broad SMARTS) is 1.